The number of benzene rings is 1. The third-order valence-corrected chi connectivity index (χ3v) is 4.19. The standard InChI is InChI=1S/C15H20ClNO3/c1-20-14-8-4-7-13(16)12(14)9-17(10-15(18)19)11-5-2-3-6-11/h4,7-8,11H,2-3,5-6,9-10H2,1H3,(H,18,19). The van der Waals surface area contributed by atoms with Crippen molar-refractivity contribution >= 4 is 17.6 Å². The van der Waals surface area contributed by atoms with Crippen LogP contribution in [0.1, 0.15) is 31.2 Å². The van der Waals surface area contributed by atoms with Gasteiger partial charge in [-0.2, -0.15) is 0 Å². The molecule has 1 saturated carbocycles. The molecule has 4 nitrogen and oxygen atoms in total. The van der Waals surface area contributed by atoms with Crippen molar-refractivity contribution in [2.45, 2.75) is 38.3 Å². The first-order valence-corrected chi connectivity index (χ1v) is 7.27. The van der Waals surface area contributed by atoms with Crippen molar-refractivity contribution in [1.29, 1.82) is 0 Å². The molecule has 0 atom stereocenters. The lowest BCUT2D eigenvalue weighted by molar-refractivity contribution is -0.139. The van der Waals surface area contributed by atoms with Gasteiger partial charge in [0.15, 0.2) is 0 Å². The van der Waals surface area contributed by atoms with Crippen LogP contribution >= 0.6 is 11.6 Å². The minimum Gasteiger partial charge on any atom is -0.496 e. The minimum atomic E-state index is -0.803. The van der Waals surface area contributed by atoms with Crippen molar-refractivity contribution in [3.8, 4) is 5.75 Å². The highest BCUT2D eigenvalue weighted by Crippen LogP contribution is 2.31. The van der Waals surface area contributed by atoms with Crippen LogP contribution in [0.5, 0.6) is 5.75 Å². The van der Waals surface area contributed by atoms with Crippen molar-refractivity contribution < 1.29 is 14.6 Å². The second-order valence-corrected chi connectivity index (χ2v) is 5.56. The molecule has 0 bridgehead atoms. The Morgan fingerprint density at radius 1 is 1.45 bits per heavy atom. The van der Waals surface area contributed by atoms with Crippen molar-refractivity contribution in [2.75, 3.05) is 13.7 Å². The summed E-state index contributed by atoms with van der Waals surface area (Å²) in [5, 5.41) is 9.74. The van der Waals surface area contributed by atoms with Gasteiger partial charge >= 0.3 is 5.97 Å². The highest BCUT2D eigenvalue weighted by atomic mass is 35.5. The van der Waals surface area contributed by atoms with E-state index in [2.05, 4.69) is 0 Å². The molecule has 0 amide bonds. The summed E-state index contributed by atoms with van der Waals surface area (Å²) in [5.74, 6) is -0.0891. The van der Waals surface area contributed by atoms with Gasteiger partial charge in [-0.3, -0.25) is 9.69 Å². The van der Waals surface area contributed by atoms with E-state index < -0.39 is 5.97 Å². The molecule has 1 aromatic carbocycles. The number of carboxylic acids is 1. The van der Waals surface area contributed by atoms with Crippen LogP contribution in [-0.2, 0) is 11.3 Å². The molecule has 1 N–H and O–H groups in total. The number of nitrogens with zero attached hydrogens (tertiary/aromatic N) is 1. The van der Waals surface area contributed by atoms with E-state index in [1.165, 1.54) is 12.8 Å². The Kier molecular flexibility index (Phi) is 5.26. The fraction of sp³-hybridized carbons (Fsp3) is 0.533. The summed E-state index contributed by atoms with van der Waals surface area (Å²) >= 11 is 6.24. The normalized spacial score (nSPS) is 15.8. The van der Waals surface area contributed by atoms with Crippen molar-refractivity contribution in [1.82, 2.24) is 4.90 Å². The first-order valence-electron chi connectivity index (χ1n) is 6.89. The predicted octanol–water partition coefficient (Wildman–Crippen LogP) is 3.18. The third-order valence-electron chi connectivity index (χ3n) is 3.84. The van der Waals surface area contributed by atoms with E-state index in [4.69, 9.17) is 21.4 Å². The van der Waals surface area contributed by atoms with Crippen molar-refractivity contribution in [3.63, 3.8) is 0 Å². The van der Waals surface area contributed by atoms with Gasteiger partial charge in [-0.1, -0.05) is 30.5 Å². The van der Waals surface area contributed by atoms with Crippen LogP contribution in [0.25, 0.3) is 0 Å². The number of carboxylic acid groups (broad SMARTS) is 1. The van der Waals surface area contributed by atoms with Gasteiger partial charge in [0.1, 0.15) is 5.75 Å². The van der Waals surface area contributed by atoms with E-state index in [0.717, 1.165) is 18.4 Å². The molecule has 1 fully saturated rings. The maximum Gasteiger partial charge on any atom is 0.317 e. The predicted molar refractivity (Wildman–Crippen MR) is 78.3 cm³/mol. The van der Waals surface area contributed by atoms with Crippen LogP contribution in [0.2, 0.25) is 5.02 Å². The number of hydrogen-bond donors (Lipinski definition) is 1. The molecule has 0 spiro atoms. The summed E-state index contributed by atoms with van der Waals surface area (Å²) in [4.78, 5) is 13.1. The van der Waals surface area contributed by atoms with Crippen LogP contribution < -0.4 is 4.74 Å². The number of methoxy groups -OCH3 is 1. The van der Waals surface area contributed by atoms with E-state index in [-0.39, 0.29) is 6.54 Å². The maximum atomic E-state index is 11.1. The summed E-state index contributed by atoms with van der Waals surface area (Å²) in [6, 6.07) is 5.83. The van der Waals surface area contributed by atoms with Gasteiger partial charge in [-0.15, -0.1) is 0 Å². The van der Waals surface area contributed by atoms with E-state index in [1.807, 2.05) is 23.1 Å². The number of ether oxygens (including phenoxy) is 1. The Bertz CT molecular complexity index is 472. The van der Waals surface area contributed by atoms with Gasteiger partial charge in [0.2, 0.25) is 0 Å². The van der Waals surface area contributed by atoms with Gasteiger partial charge in [0.05, 0.1) is 13.7 Å². The summed E-state index contributed by atoms with van der Waals surface area (Å²) in [6.07, 6.45) is 4.45. The topological polar surface area (TPSA) is 49.8 Å². The van der Waals surface area contributed by atoms with Crippen LogP contribution in [0.15, 0.2) is 18.2 Å². The average molecular weight is 298 g/mol. The molecule has 0 aromatic heterocycles. The monoisotopic (exact) mass is 297 g/mol. The fourth-order valence-electron chi connectivity index (χ4n) is 2.84. The van der Waals surface area contributed by atoms with Crippen molar-refractivity contribution in [3.05, 3.63) is 28.8 Å². The smallest absolute Gasteiger partial charge is 0.317 e. The molecule has 0 aliphatic heterocycles. The average Bonchev–Trinajstić information content (AvgIpc) is 2.93. The molecule has 5 heteroatoms. The van der Waals surface area contributed by atoms with Crippen LogP contribution in [0, 0.1) is 0 Å². The molecular weight excluding hydrogens is 278 g/mol. The Labute approximate surface area is 124 Å². The number of halogens is 1. The number of rotatable bonds is 6. The second kappa shape index (κ2) is 6.95. The quantitative estimate of drug-likeness (QED) is 0.876. The number of hydrogen-bond acceptors (Lipinski definition) is 3. The molecule has 0 heterocycles. The Morgan fingerprint density at radius 2 is 2.15 bits per heavy atom. The van der Waals surface area contributed by atoms with Gasteiger partial charge in [0.25, 0.3) is 0 Å². The summed E-state index contributed by atoms with van der Waals surface area (Å²) < 4.78 is 5.34. The number of aliphatic carboxylic acids is 1. The molecule has 20 heavy (non-hydrogen) atoms. The molecular formula is C15H20ClNO3. The second-order valence-electron chi connectivity index (χ2n) is 5.16. The van der Waals surface area contributed by atoms with Gasteiger partial charge in [-0.05, 0) is 25.0 Å². The van der Waals surface area contributed by atoms with Gasteiger partial charge in [-0.25, -0.2) is 0 Å². The first kappa shape index (κ1) is 15.1. The summed E-state index contributed by atoms with van der Waals surface area (Å²) in [7, 11) is 1.60. The molecule has 0 saturated heterocycles. The highest BCUT2D eigenvalue weighted by Gasteiger charge is 2.25. The third kappa shape index (κ3) is 3.64. The van der Waals surface area contributed by atoms with Crippen LogP contribution in [0.3, 0.4) is 0 Å². The van der Waals surface area contributed by atoms with Crippen molar-refractivity contribution in [2.24, 2.45) is 0 Å². The largest absolute Gasteiger partial charge is 0.496 e. The lowest BCUT2D eigenvalue weighted by atomic mass is 10.1. The van der Waals surface area contributed by atoms with E-state index in [9.17, 15) is 4.79 Å². The van der Waals surface area contributed by atoms with Crippen LogP contribution in [0.4, 0.5) is 0 Å². The first-order chi connectivity index (χ1) is 9.61. The van der Waals surface area contributed by atoms with E-state index in [0.29, 0.717) is 23.4 Å². The molecule has 1 aliphatic carbocycles. The van der Waals surface area contributed by atoms with Gasteiger partial charge in [0, 0.05) is 23.2 Å². The summed E-state index contributed by atoms with van der Waals surface area (Å²) in [6.45, 7) is 0.554. The fourth-order valence-corrected chi connectivity index (χ4v) is 3.07. The zero-order valence-corrected chi connectivity index (χ0v) is 12.4. The Hall–Kier alpha value is -1.26. The lowest BCUT2D eigenvalue weighted by Crippen LogP contribution is -2.37. The SMILES string of the molecule is COc1cccc(Cl)c1CN(CC(=O)O)C1CCCC1. The molecule has 2 rings (SSSR count). The highest BCUT2D eigenvalue weighted by molar-refractivity contribution is 6.31. The van der Waals surface area contributed by atoms with Gasteiger partial charge < -0.3 is 9.84 Å². The van der Waals surface area contributed by atoms with E-state index in [1.54, 1.807) is 7.11 Å². The summed E-state index contributed by atoms with van der Waals surface area (Å²) in [5.41, 5.74) is 0.866. The van der Waals surface area contributed by atoms with Crippen LogP contribution in [-0.4, -0.2) is 35.7 Å². The molecule has 1 aromatic rings. The molecule has 1 aliphatic rings. The minimum absolute atomic E-state index is 0.0407. The maximum absolute atomic E-state index is 11.1. The Balaban J connectivity index is 2.20. The Morgan fingerprint density at radius 3 is 2.75 bits per heavy atom. The molecule has 0 unspecified atom stereocenters. The number of carbonyl (C=O) groups is 1. The molecule has 110 valence electrons. The zero-order chi connectivity index (χ0) is 14.5. The lowest BCUT2D eigenvalue weighted by Gasteiger charge is -2.28. The van der Waals surface area contributed by atoms with E-state index >= 15 is 0 Å². The zero-order valence-electron chi connectivity index (χ0n) is 11.6. The molecule has 0 radical (unpaired) electrons.